The number of carbonyl (C=O) groups excluding carboxylic acids is 1. The van der Waals surface area contributed by atoms with E-state index in [1.165, 1.54) is 17.1 Å². The molecule has 2 N–H and O–H groups in total. The number of aryl methyl sites for hydroxylation is 2. The van der Waals surface area contributed by atoms with Gasteiger partial charge in [-0.25, -0.2) is 0 Å². The maximum absolute atomic E-state index is 12.0. The molecule has 23 heavy (non-hydrogen) atoms. The van der Waals surface area contributed by atoms with Crippen molar-refractivity contribution in [1.82, 2.24) is 24.9 Å². The van der Waals surface area contributed by atoms with Crippen molar-refractivity contribution < 1.29 is 14.7 Å². The Bertz CT molecular complexity index is 722. The third-order valence-corrected chi connectivity index (χ3v) is 3.90. The fourth-order valence-electron chi connectivity index (χ4n) is 2.08. The summed E-state index contributed by atoms with van der Waals surface area (Å²) in [6.45, 7) is 4.84. The third-order valence-electron chi connectivity index (χ3n) is 3.35. The number of carbonyl (C=O) groups is 2. The van der Waals surface area contributed by atoms with Crippen LogP contribution in [0.3, 0.4) is 0 Å². The normalized spacial score (nSPS) is 10.7. The molecule has 0 unspecified atom stereocenters. The lowest BCUT2D eigenvalue weighted by Crippen LogP contribution is -2.27. The fraction of sp³-hybridized carbons (Fsp3) is 0.429. The van der Waals surface area contributed by atoms with E-state index in [2.05, 4.69) is 15.5 Å². The van der Waals surface area contributed by atoms with Crippen LogP contribution >= 0.6 is 11.6 Å². The van der Waals surface area contributed by atoms with Crippen LogP contribution in [0, 0.1) is 13.8 Å². The third kappa shape index (κ3) is 4.32. The van der Waals surface area contributed by atoms with Gasteiger partial charge in [-0.15, -0.1) is 0 Å². The number of aliphatic carboxylic acids is 1. The minimum Gasteiger partial charge on any atom is -0.481 e. The van der Waals surface area contributed by atoms with Crippen molar-refractivity contribution in [2.45, 2.75) is 33.4 Å². The van der Waals surface area contributed by atoms with Gasteiger partial charge in [-0.2, -0.15) is 10.2 Å². The SMILES string of the molecule is Cc1nn(CCNC(=O)c2cnn(CCC(=O)O)c2)c(C)c1Cl. The molecule has 2 aromatic rings. The Morgan fingerprint density at radius 3 is 2.70 bits per heavy atom. The average molecular weight is 340 g/mol. The van der Waals surface area contributed by atoms with Crippen LogP contribution in [0.5, 0.6) is 0 Å². The van der Waals surface area contributed by atoms with Crippen molar-refractivity contribution >= 4 is 23.5 Å². The van der Waals surface area contributed by atoms with Gasteiger partial charge in [-0.1, -0.05) is 11.6 Å². The molecule has 2 heterocycles. The summed E-state index contributed by atoms with van der Waals surface area (Å²) in [4.78, 5) is 22.5. The van der Waals surface area contributed by atoms with E-state index in [4.69, 9.17) is 16.7 Å². The van der Waals surface area contributed by atoms with Gasteiger partial charge in [0.25, 0.3) is 5.91 Å². The van der Waals surface area contributed by atoms with Gasteiger partial charge in [0, 0.05) is 12.7 Å². The second-order valence-corrected chi connectivity index (χ2v) is 5.48. The summed E-state index contributed by atoms with van der Waals surface area (Å²) in [6.07, 6.45) is 2.90. The van der Waals surface area contributed by atoms with Gasteiger partial charge in [0.15, 0.2) is 0 Å². The Hall–Kier alpha value is -2.35. The molecular formula is C14H18ClN5O3. The molecule has 0 fully saturated rings. The summed E-state index contributed by atoms with van der Waals surface area (Å²) >= 11 is 6.07. The van der Waals surface area contributed by atoms with Crippen LogP contribution in [0.25, 0.3) is 0 Å². The summed E-state index contributed by atoms with van der Waals surface area (Å²) < 4.78 is 3.18. The Morgan fingerprint density at radius 2 is 2.09 bits per heavy atom. The molecule has 0 bridgehead atoms. The molecule has 0 saturated carbocycles. The van der Waals surface area contributed by atoms with Crippen LogP contribution in [0.1, 0.15) is 28.2 Å². The summed E-state index contributed by atoms with van der Waals surface area (Å²) in [6, 6.07) is 0. The highest BCUT2D eigenvalue weighted by atomic mass is 35.5. The Balaban J connectivity index is 1.85. The smallest absolute Gasteiger partial charge is 0.305 e. The first-order valence-electron chi connectivity index (χ1n) is 7.10. The van der Waals surface area contributed by atoms with Crippen molar-refractivity contribution in [2.75, 3.05) is 6.54 Å². The first kappa shape index (κ1) is 17.0. The van der Waals surface area contributed by atoms with Crippen molar-refractivity contribution in [1.29, 1.82) is 0 Å². The number of rotatable bonds is 7. The molecule has 0 aliphatic heterocycles. The van der Waals surface area contributed by atoms with Crippen LogP contribution in [-0.2, 0) is 17.9 Å². The average Bonchev–Trinajstić information content (AvgIpc) is 3.07. The molecule has 0 aliphatic carbocycles. The number of amides is 1. The van der Waals surface area contributed by atoms with Crippen LogP contribution in [0.15, 0.2) is 12.4 Å². The van der Waals surface area contributed by atoms with Gasteiger partial charge in [-0.05, 0) is 13.8 Å². The number of halogens is 1. The highest BCUT2D eigenvalue weighted by molar-refractivity contribution is 6.31. The minimum absolute atomic E-state index is 0.0403. The number of hydrogen-bond acceptors (Lipinski definition) is 4. The first-order valence-corrected chi connectivity index (χ1v) is 7.48. The molecule has 1 amide bonds. The highest BCUT2D eigenvalue weighted by Crippen LogP contribution is 2.18. The summed E-state index contributed by atoms with van der Waals surface area (Å²) in [5.74, 6) is -1.17. The van der Waals surface area contributed by atoms with Gasteiger partial charge in [0.05, 0.1) is 47.7 Å². The second-order valence-electron chi connectivity index (χ2n) is 5.10. The topological polar surface area (TPSA) is 102 Å². The molecule has 0 spiro atoms. The number of nitrogens with zero attached hydrogens (tertiary/aromatic N) is 4. The van der Waals surface area contributed by atoms with E-state index in [0.29, 0.717) is 23.7 Å². The van der Waals surface area contributed by atoms with E-state index in [1.807, 2.05) is 13.8 Å². The quantitative estimate of drug-likeness (QED) is 0.790. The predicted octanol–water partition coefficient (Wildman–Crippen LogP) is 1.25. The lowest BCUT2D eigenvalue weighted by molar-refractivity contribution is -0.137. The Labute approximate surface area is 138 Å². The molecule has 0 aliphatic rings. The zero-order chi connectivity index (χ0) is 17.0. The predicted molar refractivity (Wildman–Crippen MR) is 83.5 cm³/mol. The van der Waals surface area contributed by atoms with Crippen LogP contribution in [-0.4, -0.2) is 43.1 Å². The van der Waals surface area contributed by atoms with E-state index >= 15 is 0 Å². The molecule has 9 heteroatoms. The van der Waals surface area contributed by atoms with Crippen LogP contribution in [0.4, 0.5) is 0 Å². The standard InChI is InChI=1S/C14H18ClN5O3/c1-9-13(15)10(2)20(18-9)6-4-16-14(23)11-7-17-19(8-11)5-3-12(21)22/h7-8H,3-6H2,1-2H3,(H,16,23)(H,21,22). The second kappa shape index (κ2) is 7.28. The maximum Gasteiger partial charge on any atom is 0.305 e. The first-order chi connectivity index (χ1) is 10.9. The number of carboxylic acids is 1. The lowest BCUT2D eigenvalue weighted by Gasteiger charge is -2.06. The number of carboxylic acid groups (broad SMARTS) is 1. The van der Waals surface area contributed by atoms with Crippen LogP contribution < -0.4 is 5.32 Å². The molecule has 124 valence electrons. The van der Waals surface area contributed by atoms with E-state index in [9.17, 15) is 9.59 Å². The number of aromatic nitrogens is 4. The molecule has 0 radical (unpaired) electrons. The Morgan fingerprint density at radius 1 is 1.35 bits per heavy atom. The molecule has 2 rings (SSSR count). The Kier molecular flexibility index (Phi) is 5.38. The highest BCUT2D eigenvalue weighted by Gasteiger charge is 2.11. The molecule has 0 aromatic carbocycles. The zero-order valence-electron chi connectivity index (χ0n) is 12.9. The number of nitrogens with one attached hydrogen (secondary N) is 1. The molecule has 8 nitrogen and oxygen atoms in total. The van der Waals surface area contributed by atoms with Gasteiger partial charge in [0.2, 0.25) is 0 Å². The fourth-order valence-corrected chi connectivity index (χ4v) is 2.22. The maximum atomic E-state index is 12.0. The summed E-state index contributed by atoms with van der Waals surface area (Å²) in [7, 11) is 0. The van der Waals surface area contributed by atoms with E-state index in [1.54, 1.807) is 4.68 Å². The van der Waals surface area contributed by atoms with E-state index in [0.717, 1.165) is 11.4 Å². The van der Waals surface area contributed by atoms with Crippen molar-refractivity contribution in [2.24, 2.45) is 0 Å². The molecular weight excluding hydrogens is 322 g/mol. The minimum atomic E-state index is -0.907. The van der Waals surface area contributed by atoms with Gasteiger partial charge < -0.3 is 10.4 Å². The van der Waals surface area contributed by atoms with Gasteiger partial charge in [0.1, 0.15) is 0 Å². The molecule has 2 aromatic heterocycles. The van der Waals surface area contributed by atoms with Gasteiger partial charge >= 0.3 is 5.97 Å². The van der Waals surface area contributed by atoms with Crippen LogP contribution in [0.2, 0.25) is 5.02 Å². The van der Waals surface area contributed by atoms with Crippen molar-refractivity contribution in [3.63, 3.8) is 0 Å². The zero-order valence-corrected chi connectivity index (χ0v) is 13.7. The monoisotopic (exact) mass is 339 g/mol. The van der Waals surface area contributed by atoms with E-state index < -0.39 is 5.97 Å². The summed E-state index contributed by atoms with van der Waals surface area (Å²) in [5, 5.41) is 20.3. The van der Waals surface area contributed by atoms with Crippen molar-refractivity contribution in [3.05, 3.63) is 34.4 Å². The van der Waals surface area contributed by atoms with Gasteiger partial charge in [-0.3, -0.25) is 19.0 Å². The molecule has 0 saturated heterocycles. The van der Waals surface area contributed by atoms with E-state index in [-0.39, 0.29) is 18.9 Å². The largest absolute Gasteiger partial charge is 0.481 e. The molecule has 0 atom stereocenters. The summed E-state index contributed by atoms with van der Waals surface area (Å²) in [5.41, 5.74) is 2.01. The van der Waals surface area contributed by atoms with Crippen molar-refractivity contribution in [3.8, 4) is 0 Å². The number of hydrogen-bond donors (Lipinski definition) is 2. The lowest BCUT2D eigenvalue weighted by atomic mass is 10.3.